The van der Waals surface area contributed by atoms with Crippen LogP contribution in [0.5, 0.6) is 11.5 Å². The smallest absolute Gasteiger partial charge is 0.262 e. The zero-order valence-corrected chi connectivity index (χ0v) is 19.1. The van der Waals surface area contributed by atoms with Crippen LogP contribution in [0.15, 0.2) is 48.0 Å². The summed E-state index contributed by atoms with van der Waals surface area (Å²) < 4.78 is 12.7. The van der Waals surface area contributed by atoms with Gasteiger partial charge in [-0.05, 0) is 71.7 Å². The lowest BCUT2D eigenvalue weighted by Gasteiger charge is -2.15. The Labute approximate surface area is 191 Å². The van der Waals surface area contributed by atoms with Gasteiger partial charge in [-0.1, -0.05) is 43.2 Å². The number of amides is 1. The van der Waals surface area contributed by atoms with E-state index in [1.165, 1.54) is 0 Å². The van der Waals surface area contributed by atoms with Gasteiger partial charge >= 0.3 is 0 Å². The van der Waals surface area contributed by atoms with E-state index in [4.69, 9.17) is 9.47 Å². The molecule has 1 saturated carbocycles. The van der Waals surface area contributed by atoms with Gasteiger partial charge in [0.25, 0.3) is 5.91 Å². The summed E-state index contributed by atoms with van der Waals surface area (Å²) in [4.78, 5) is 12.5. The van der Waals surface area contributed by atoms with Crippen LogP contribution in [0.2, 0.25) is 0 Å². The Hall–Kier alpha value is -2.53. The molecule has 1 fully saturated rings. The quantitative estimate of drug-likeness (QED) is 0.296. The molecule has 0 aliphatic heterocycles. The number of benzene rings is 2. The number of rotatable bonds is 8. The normalized spacial score (nSPS) is 14.2. The maximum absolute atomic E-state index is 12.5. The van der Waals surface area contributed by atoms with Crippen LogP contribution in [-0.4, -0.2) is 18.6 Å². The van der Waals surface area contributed by atoms with Crippen LogP contribution in [-0.2, 0) is 11.4 Å². The van der Waals surface area contributed by atoms with Crippen LogP contribution < -0.4 is 14.8 Å². The fourth-order valence-corrected chi connectivity index (χ4v) is 4.23. The monoisotopic (exact) mass is 516 g/mol. The minimum absolute atomic E-state index is 0.0955. The molecule has 6 heteroatoms. The van der Waals surface area contributed by atoms with E-state index >= 15 is 0 Å². The first-order valence-corrected chi connectivity index (χ1v) is 11.2. The highest BCUT2D eigenvalue weighted by molar-refractivity contribution is 14.1. The predicted octanol–water partition coefficient (Wildman–Crippen LogP) is 5.23. The van der Waals surface area contributed by atoms with Gasteiger partial charge in [-0.2, -0.15) is 5.26 Å². The SMILES string of the molecule is CCOc1cc(/C=C(/C#N)C(=O)NC2CCCC2)cc(I)c1OCc1ccccc1. The summed E-state index contributed by atoms with van der Waals surface area (Å²) in [6, 6.07) is 15.8. The Kier molecular flexibility index (Phi) is 8.14. The van der Waals surface area contributed by atoms with Crippen molar-refractivity contribution in [1.29, 1.82) is 5.26 Å². The summed E-state index contributed by atoms with van der Waals surface area (Å²) in [7, 11) is 0. The summed E-state index contributed by atoms with van der Waals surface area (Å²) in [5.74, 6) is 0.939. The van der Waals surface area contributed by atoms with Crippen molar-refractivity contribution in [3.63, 3.8) is 0 Å². The van der Waals surface area contributed by atoms with Crippen molar-refractivity contribution in [3.05, 3.63) is 62.7 Å². The summed E-state index contributed by atoms with van der Waals surface area (Å²) >= 11 is 2.19. The van der Waals surface area contributed by atoms with Crippen molar-refractivity contribution in [2.45, 2.75) is 45.3 Å². The Balaban J connectivity index is 1.81. The largest absolute Gasteiger partial charge is 0.490 e. The summed E-state index contributed by atoms with van der Waals surface area (Å²) in [6.07, 6.45) is 5.80. The maximum Gasteiger partial charge on any atom is 0.262 e. The van der Waals surface area contributed by atoms with E-state index in [-0.39, 0.29) is 17.5 Å². The van der Waals surface area contributed by atoms with Gasteiger partial charge in [0.05, 0.1) is 10.2 Å². The van der Waals surface area contributed by atoms with Gasteiger partial charge in [0.15, 0.2) is 11.5 Å². The molecule has 1 amide bonds. The van der Waals surface area contributed by atoms with Crippen molar-refractivity contribution in [1.82, 2.24) is 5.32 Å². The first-order valence-electron chi connectivity index (χ1n) is 10.2. The molecule has 0 radical (unpaired) electrons. The number of ether oxygens (including phenoxy) is 2. The number of carbonyl (C=O) groups is 1. The molecule has 2 aromatic rings. The molecule has 0 atom stereocenters. The molecule has 0 unspecified atom stereocenters. The van der Waals surface area contributed by atoms with Crippen molar-refractivity contribution in [2.75, 3.05) is 6.61 Å². The van der Waals surface area contributed by atoms with Crippen molar-refractivity contribution in [2.24, 2.45) is 0 Å². The van der Waals surface area contributed by atoms with E-state index in [2.05, 4.69) is 27.9 Å². The topological polar surface area (TPSA) is 71.3 Å². The number of hydrogen-bond donors (Lipinski definition) is 1. The standard InChI is InChI=1S/C24H25IN2O3/c1-2-29-22-14-18(12-19(15-26)24(28)27-20-10-6-7-11-20)13-21(25)23(22)30-16-17-8-4-3-5-9-17/h3-5,8-9,12-14,20H,2,6-7,10-11,16H2,1H3,(H,27,28)/b19-12-. The van der Waals surface area contributed by atoms with E-state index in [1.54, 1.807) is 6.08 Å². The van der Waals surface area contributed by atoms with Gasteiger partial charge in [0.2, 0.25) is 0 Å². The summed E-state index contributed by atoms with van der Waals surface area (Å²) in [5.41, 5.74) is 1.89. The van der Waals surface area contributed by atoms with Crippen LogP contribution in [0, 0.1) is 14.9 Å². The molecule has 1 N–H and O–H groups in total. The molecule has 3 rings (SSSR count). The van der Waals surface area contributed by atoms with Crippen molar-refractivity contribution >= 4 is 34.6 Å². The minimum atomic E-state index is -0.318. The number of nitrogens with zero attached hydrogens (tertiary/aromatic N) is 1. The van der Waals surface area contributed by atoms with Gasteiger partial charge in [-0.25, -0.2) is 0 Å². The molecule has 1 aliphatic rings. The highest BCUT2D eigenvalue weighted by atomic mass is 127. The van der Waals surface area contributed by atoms with Gasteiger partial charge in [-0.3, -0.25) is 4.79 Å². The molecule has 156 valence electrons. The molecule has 30 heavy (non-hydrogen) atoms. The third-order valence-corrected chi connectivity index (χ3v) is 5.73. The van der Waals surface area contributed by atoms with Crippen molar-refractivity contribution in [3.8, 4) is 17.6 Å². The average Bonchev–Trinajstić information content (AvgIpc) is 3.25. The number of hydrogen-bond acceptors (Lipinski definition) is 4. The van der Waals surface area contributed by atoms with Gasteiger partial charge in [0.1, 0.15) is 18.2 Å². The van der Waals surface area contributed by atoms with Gasteiger partial charge < -0.3 is 14.8 Å². The van der Waals surface area contributed by atoms with Crippen LogP contribution in [0.1, 0.15) is 43.7 Å². The number of carbonyl (C=O) groups excluding carboxylic acids is 1. The van der Waals surface area contributed by atoms with Gasteiger partial charge in [-0.15, -0.1) is 0 Å². The van der Waals surface area contributed by atoms with Gasteiger partial charge in [0, 0.05) is 6.04 Å². The van der Waals surface area contributed by atoms with E-state index in [0.717, 1.165) is 40.4 Å². The minimum Gasteiger partial charge on any atom is -0.490 e. The second-order valence-electron chi connectivity index (χ2n) is 7.16. The third kappa shape index (κ3) is 5.99. The van der Waals surface area contributed by atoms with Crippen molar-refractivity contribution < 1.29 is 14.3 Å². The molecule has 0 heterocycles. The zero-order chi connectivity index (χ0) is 21.3. The molecule has 0 spiro atoms. The number of nitriles is 1. The first-order chi connectivity index (χ1) is 14.6. The third-order valence-electron chi connectivity index (χ3n) is 4.92. The fourth-order valence-electron chi connectivity index (χ4n) is 3.45. The van der Waals surface area contributed by atoms with E-state index in [0.29, 0.717) is 24.7 Å². The van der Waals surface area contributed by atoms with E-state index < -0.39 is 0 Å². The summed E-state index contributed by atoms with van der Waals surface area (Å²) in [5, 5.41) is 12.5. The Morgan fingerprint density at radius 3 is 2.63 bits per heavy atom. The lowest BCUT2D eigenvalue weighted by atomic mass is 10.1. The molecule has 1 aliphatic carbocycles. The second-order valence-corrected chi connectivity index (χ2v) is 8.32. The lowest BCUT2D eigenvalue weighted by Crippen LogP contribution is -2.33. The highest BCUT2D eigenvalue weighted by Crippen LogP contribution is 2.35. The highest BCUT2D eigenvalue weighted by Gasteiger charge is 2.20. The lowest BCUT2D eigenvalue weighted by molar-refractivity contribution is -0.117. The Morgan fingerprint density at radius 2 is 1.97 bits per heavy atom. The van der Waals surface area contributed by atoms with E-state index in [1.807, 2.05) is 55.5 Å². The Morgan fingerprint density at radius 1 is 1.23 bits per heavy atom. The average molecular weight is 516 g/mol. The summed E-state index contributed by atoms with van der Waals surface area (Å²) in [6.45, 7) is 2.82. The first kappa shape index (κ1) is 22.2. The van der Waals surface area contributed by atoms with Crippen LogP contribution >= 0.6 is 22.6 Å². The molecule has 0 bridgehead atoms. The molecular formula is C24H25IN2O3. The predicted molar refractivity (Wildman–Crippen MR) is 125 cm³/mol. The molecule has 2 aromatic carbocycles. The number of halogens is 1. The second kappa shape index (κ2) is 11.0. The molecule has 5 nitrogen and oxygen atoms in total. The maximum atomic E-state index is 12.5. The Bertz CT molecular complexity index is 945. The molecule has 0 saturated heterocycles. The molecule has 0 aromatic heterocycles. The number of nitrogens with one attached hydrogen (secondary N) is 1. The molecular weight excluding hydrogens is 491 g/mol. The van der Waals surface area contributed by atoms with Crippen LogP contribution in [0.4, 0.5) is 0 Å². The fraction of sp³-hybridized carbons (Fsp3) is 0.333. The zero-order valence-electron chi connectivity index (χ0n) is 17.0. The van der Waals surface area contributed by atoms with E-state index in [9.17, 15) is 10.1 Å². The van der Waals surface area contributed by atoms with Crippen LogP contribution in [0.3, 0.4) is 0 Å². The van der Waals surface area contributed by atoms with Crippen LogP contribution in [0.25, 0.3) is 6.08 Å².